The molecule has 1 aliphatic heterocycles. The molecule has 1 fully saturated rings. The van der Waals surface area contributed by atoms with Crippen LogP contribution in [0.2, 0.25) is 0 Å². The highest BCUT2D eigenvalue weighted by Crippen LogP contribution is 2.39. The first kappa shape index (κ1) is 17.2. The molecular weight excluding hydrogens is 417 g/mol. The summed E-state index contributed by atoms with van der Waals surface area (Å²) >= 11 is 8.68. The van der Waals surface area contributed by atoms with Crippen LogP contribution < -0.4 is 5.32 Å². The molecule has 0 radical (unpaired) electrons. The Morgan fingerprint density at radius 3 is 2.81 bits per heavy atom. The van der Waals surface area contributed by atoms with E-state index in [1.165, 1.54) is 6.07 Å². The Morgan fingerprint density at radius 1 is 1.23 bits per heavy atom. The summed E-state index contributed by atoms with van der Waals surface area (Å²) < 4.78 is 21.0. The van der Waals surface area contributed by atoms with Crippen molar-refractivity contribution in [2.75, 3.05) is 7.05 Å². The summed E-state index contributed by atoms with van der Waals surface area (Å²) in [6.07, 6.45) is 1.75. The molecule has 4 nitrogen and oxygen atoms in total. The number of aromatic nitrogens is 1. The Bertz CT molecular complexity index is 962. The van der Waals surface area contributed by atoms with Crippen LogP contribution in [0.25, 0.3) is 11.3 Å². The van der Waals surface area contributed by atoms with E-state index in [4.69, 9.17) is 16.6 Å². The van der Waals surface area contributed by atoms with Crippen molar-refractivity contribution >= 4 is 33.3 Å². The van der Waals surface area contributed by atoms with E-state index in [0.717, 1.165) is 5.69 Å². The minimum Gasteiger partial charge on any atom is -0.459 e. The van der Waals surface area contributed by atoms with E-state index in [-0.39, 0.29) is 17.9 Å². The number of nitrogens with one attached hydrogen (secondary N) is 1. The van der Waals surface area contributed by atoms with Gasteiger partial charge in [0.1, 0.15) is 23.4 Å². The number of hydrogen-bond acceptors (Lipinski definition) is 3. The quantitative estimate of drug-likeness (QED) is 0.600. The lowest BCUT2D eigenvalue weighted by atomic mass is 10.0. The summed E-state index contributed by atoms with van der Waals surface area (Å²) in [6, 6.07) is 14.0. The summed E-state index contributed by atoms with van der Waals surface area (Å²) in [7, 11) is 1.91. The molecule has 1 aliphatic rings. The summed E-state index contributed by atoms with van der Waals surface area (Å²) in [5, 5.41) is 3.91. The predicted molar refractivity (Wildman–Crippen MR) is 105 cm³/mol. The van der Waals surface area contributed by atoms with Crippen molar-refractivity contribution in [2.24, 2.45) is 0 Å². The molecule has 3 heterocycles. The molecule has 0 bridgehead atoms. The smallest absolute Gasteiger partial charge is 0.170 e. The molecule has 1 N–H and O–H groups in total. The van der Waals surface area contributed by atoms with Gasteiger partial charge in [0, 0.05) is 17.7 Å². The van der Waals surface area contributed by atoms with Gasteiger partial charge in [-0.15, -0.1) is 0 Å². The van der Waals surface area contributed by atoms with Crippen molar-refractivity contribution in [2.45, 2.75) is 12.1 Å². The molecule has 1 saturated heterocycles. The number of hydrogen-bond donors (Lipinski definition) is 1. The Balaban J connectivity index is 1.72. The van der Waals surface area contributed by atoms with E-state index in [2.05, 4.69) is 26.2 Å². The molecule has 1 aromatic carbocycles. The molecule has 7 heteroatoms. The van der Waals surface area contributed by atoms with Crippen LogP contribution in [-0.2, 0) is 0 Å². The summed E-state index contributed by atoms with van der Waals surface area (Å²) in [4.78, 5) is 6.38. The van der Waals surface area contributed by atoms with Crippen LogP contribution in [0.15, 0.2) is 63.6 Å². The van der Waals surface area contributed by atoms with E-state index in [1.807, 2.05) is 36.2 Å². The van der Waals surface area contributed by atoms with Crippen molar-refractivity contribution in [1.29, 1.82) is 0 Å². The molecule has 3 aromatic rings. The Morgan fingerprint density at radius 2 is 2.08 bits per heavy atom. The molecule has 4 rings (SSSR count). The number of nitrogens with zero attached hydrogens (tertiary/aromatic N) is 2. The molecular formula is C19H15BrFN3OS. The first-order valence-electron chi connectivity index (χ1n) is 8.04. The Hall–Kier alpha value is -2.25. The van der Waals surface area contributed by atoms with E-state index < -0.39 is 0 Å². The molecule has 26 heavy (non-hydrogen) atoms. The largest absolute Gasteiger partial charge is 0.459 e. The van der Waals surface area contributed by atoms with Crippen LogP contribution in [0, 0.1) is 5.82 Å². The van der Waals surface area contributed by atoms with E-state index in [9.17, 15) is 4.39 Å². The summed E-state index contributed by atoms with van der Waals surface area (Å²) in [5.41, 5.74) is 1.29. The second-order valence-corrected chi connectivity index (χ2v) is 7.37. The monoisotopic (exact) mass is 431 g/mol. The fraction of sp³-hybridized carbons (Fsp3) is 0.158. The van der Waals surface area contributed by atoms with Gasteiger partial charge in [0.2, 0.25) is 0 Å². The standard InChI is InChI=1S/C19H15BrFN3OS/c1-24-18(17(23-19(24)26)14-4-2-3-9-22-14)16-8-7-15(25-16)12-6-5-11(20)10-13(12)21/h2-10,17-18H,1H3,(H,23,26)/t17-,18+/m0/s1. The van der Waals surface area contributed by atoms with E-state index in [1.54, 1.807) is 24.4 Å². The lowest BCUT2D eigenvalue weighted by molar-refractivity contribution is 0.310. The van der Waals surface area contributed by atoms with Gasteiger partial charge in [0.05, 0.1) is 17.3 Å². The molecule has 2 aromatic heterocycles. The number of furan rings is 1. The van der Waals surface area contributed by atoms with Crippen molar-refractivity contribution in [1.82, 2.24) is 15.2 Å². The van der Waals surface area contributed by atoms with Crippen LogP contribution >= 0.6 is 28.1 Å². The lowest BCUT2D eigenvalue weighted by Crippen LogP contribution is -2.24. The third-order valence-corrected chi connectivity index (χ3v) is 5.35. The predicted octanol–water partition coefficient (Wildman–Crippen LogP) is 4.85. The number of pyridine rings is 1. The molecule has 0 unspecified atom stereocenters. The zero-order valence-electron chi connectivity index (χ0n) is 13.8. The topological polar surface area (TPSA) is 41.3 Å². The highest BCUT2D eigenvalue weighted by atomic mass is 79.9. The van der Waals surface area contributed by atoms with Gasteiger partial charge in [-0.05, 0) is 54.7 Å². The van der Waals surface area contributed by atoms with Crippen LogP contribution in [0.1, 0.15) is 23.5 Å². The normalized spacial score (nSPS) is 19.7. The van der Waals surface area contributed by atoms with Crippen LogP contribution in [-0.4, -0.2) is 22.0 Å². The SMILES string of the molecule is CN1C(=S)N[C@@H](c2ccccn2)[C@H]1c1ccc(-c2ccc(Br)cc2F)o1. The van der Waals surface area contributed by atoms with Crippen molar-refractivity contribution in [3.8, 4) is 11.3 Å². The third kappa shape index (κ3) is 3.01. The molecule has 0 saturated carbocycles. The van der Waals surface area contributed by atoms with Gasteiger partial charge in [0.25, 0.3) is 0 Å². The highest BCUT2D eigenvalue weighted by Gasteiger charge is 2.39. The second-order valence-electron chi connectivity index (χ2n) is 6.06. The van der Waals surface area contributed by atoms with Crippen LogP contribution in [0.3, 0.4) is 0 Å². The van der Waals surface area contributed by atoms with Gasteiger partial charge < -0.3 is 14.6 Å². The Labute approximate surface area is 164 Å². The van der Waals surface area contributed by atoms with Crippen LogP contribution in [0.4, 0.5) is 4.39 Å². The van der Waals surface area contributed by atoms with Crippen LogP contribution in [0.5, 0.6) is 0 Å². The first-order valence-corrected chi connectivity index (χ1v) is 9.24. The van der Waals surface area contributed by atoms with Crippen molar-refractivity contribution < 1.29 is 8.81 Å². The molecule has 2 atom stereocenters. The Kier molecular flexibility index (Phi) is 4.50. The highest BCUT2D eigenvalue weighted by molar-refractivity contribution is 9.10. The maximum atomic E-state index is 14.3. The third-order valence-electron chi connectivity index (χ3n) is 4.45. The van der Waals surface area contributed by atoms with Crippen molar-refractivity contribution in [3.05, 3.63) is 76.5 Å². The fourth-order valence-electron chi connectivity index (χ4n) is 3.16. The molecule has 0 spiro atoms. The van der Waals surface area contributed by atoms with Gasteiger partial charge in [-0.3, -0.25) is 4.98 Å². The number of likely N-dealkylation sites (N-methyl/N-ethyl adjacent to an activating group) is 1. The number of benzene rings is 1. The minimum absolute atomic E-state index is 0.137. The average Bonchev–Trinajstić information content (AvgIpc) is 3.21. The first-order chi connectivity index (χ1) is 12.5. The molecule has 0 aliphatic carbocycles. The van der Waals surface area contributed by atoms with Crippen molar-refractivity contribution in [3.63, 3.8) is 0 Å². The molecule has 0 amide bonds. The lowest BCUT2D eigenvalue weighted by Gasteiger charge is -2.21. The maximum Gasteiger partial charge on any atom is 0.170 e. The zero-order valence-corrected chi connectivity index (χ0v) is 16.2. The fourth-order valence-corrected chi connectivity index (χ4v) is 3.73. The zero-order chi connectivity index (χ0) is 18.3. The number of thiocarbonyl (C=S) groups is 1. The number of rotatable bonds is 3. The van der Waals surface area contributed by atoms with Gasteiger partial charge >= 0.3 is 0 Å². The average molecular weight is 432 g/mol. The van der Waals surface area contributed by atoms with E-state index in [0.29, 0.717) is 26.7 Å². The van der Waals surface area contributed by atoms with Gasteiger partial charge in [0.15, 0.2) is 5.11 Å². The van der Waals surface area contributed by atoms with E-state index >= 15 is 0 Å². The van der Waals surface area contributed by atoms with Gasteiger partial charge in [-0.25, -0.2) is 4.39 Å². The molecule has 132 valence electrons. The summed E-state index contributed by atoms with van der Waals surface area (Å²) in [6.45, 7) is 0. The minimum atomic E-state index is -0.338. The number of halogens is 2. The second kappa shape index (κ2) is 6.81. The van der Waals surface area contributed by atoms with Gasteiger partial charge in [-0.1, -0.05) is 22.0 Å². The van der Waals surface area contributed by atoms with Gasteiger partial charge in [-0.2, -0.15) is 0 Å². The maximum absolute atomic E-state index is 14.3. The summed E-state index contributed by atoms with van der Waals surface area (Å²) in [5.74, 6) is 0.846.